The molecule has 1 N–H and O–H groups in total. The number of aromatic amines is 1. The van der Waals surface area contributed by atoms with Crippen LogP contribution in [0.4, 0.5) is 13.2 Å². The largest absolute Gasteiger partial charge is 0.574 e. The van der Waals surface area contributed by atoms with E-state index in [1.54, 1.807) is 6.07 Å². The fourth-order valence-electron chi connectivity index (χ4n) is 1.13. The Morgan fingerprint density at radius 2 is 2.18 bits per heavy atom. The molecule has 0 aliphatic rings. The molecule has 0 amide bonds. The van der Waals surface area contributed by atoms with Gasteiger partial charge in [-0.15, -0.1) is 13.2 Å². The molecule has 0 aromatic carbocycles. The lowest BCUT2D eigenvalue weighted by Crippen LogP contribution is -2.22. The molecule has 0 bridgehead atoms. The summed E-state index contributed by atoms with van der Waals surface area (Å²) in [6.07, 6.45) is -4.52. The number of alkyl halides is 3. The molecule has 92 valence electrons. The summed E-state index contributed by atoms with van der Waals surface area (Å²) < 4.78 is 44.3. The number of nitrogens with zero attached hydrogens (tertiary/aromatic N) is 1. The minimum absolute atomic E-state index is 0.190. The normalized spacial score (nSPS) is 10.8. The number of aromatic nitrogens is 1. The number of methoxy groups -OCH3 is 1. The van der Waals surface area contributed by atoms with Crippen LogP contribution >= 0.6 is 0 Å². The van der Waals surface area contributed by atoms with Crippen molar-refractivity contribution in [2.45, 2.75) is 12.8 Å². The Bertz CT molecular complexity index is 502. The highest BCUT2D eigenvalue weighted by molar-refractivity contribution is 5.35. The Kier molecular flexibility index (Phi) is 3.62. The summed E-state index contributed by atoms with van der Waals surface area (Å²) in [4.78, 5) is 13.7. The zero-order valence-electron chi connectivity index (χ0n) is 8.59. The number of halogens is 3. The molecule has 0 saturated heterocycles. The van der Waals surface area contributed by atoms with E-state index < -0.39 is 29.7 Å². The van der Waals surface area contributed by atoms with Gasteiger partial charge in [-0.1, -0.05) is 0 Å². The van der Waals surface area contributed by atoms with Crippen molar-refractivity contribution in [1.29, 1.82) is 5.26 Å². The van der Waals surface area contributed by atoms with Gasteiger partial charge in [-0.25, -0.2) is 0 Å². The molecule has 5 nitrogen and oxygen atoms in total. The Morgan fingerprint density at radius 1 is 1.53 bits per heavy atom. The predicted octanol–water partition coefficient (Wildman–Crippen LogP) is 1.35. The van der Waals surface area contributed by atoms with E-state index in [2.05, 4.69) is 14.5 Å². The fourth-order valence-corrected chi connectivity index (χ4v) is 1.13. The highest BCUT2D eigenvalue weighted by atomic mass is 19.4. The van der Waals surface area contributed by atoms with Crippen molar-refractivity contribution >= 4 is 0 Å². The van der Waals surface area contributed by atoms with Crippen LogP contribution in [0.25, 0.3) is 0 Å². The lowest BCUT2D eigenvalue weighted by molar-refractivity contribution is -0.276. The van der Waals surface area contributed by atoms with Crippen molar-refractivity contribution in [3.8, 4) is 17.7 Å². The molecule has 17 heavy (non-hydrogen) atoms. The van der Waals surface area contributed by atoms with E-state index in [0.29, 0.717) is 0 Å². The standard InChI is InChI=1S/C9H7F3N2O3/c1-16-6-4-14-8(17-9(10,11)12)5(2-3-13)7(6)15/h4H,2H2,1H3,(H,14,15). The van der Waals surface area contributed by atoms with Crippen LogP contribution in [0.3, 0.4) is 0 Å². The number of H-pyrrole nitrogens is 1. The third kappa shape index (κ3) is 3.14. The van der Waals surface area contributed by atoms with Gasteiger partial charge in [0, 0.05) is 0 Å². The van der Waals surface area contributed by atoms with Gasteiger partial charge in [0.2, 0.25) is 11.3 Å². The number of hydrogen-bond donors (Lipinski definition) is 1. The van der Waals surface area contributed by atoms with Crippen molar-refractivity contribution in [1.82, 2.24) is 4.98 Å². The molecule has 1 aromatic heterocycles. The molecule has 0 fully saturated rings. The molecule has 0 unspecified atom stereocenters. The van der Waals surface area contributed by atoms with Crippen molar-refractivity contribution in [3.05, 3.63) is 22.0 Å². The Labute approximate surface area is 93.4 Å². The van der Waals surface area contributed by atoms with E-state index in [-0.39, 0.29) is 5.75 Å². The third-order valence-electron chi connectivity index (χ3n) is 1.80. The zero-order chi connectivity index (χ0) is 13.1. The number of pyridine rings is 1. The van der Waals surface area contributed by atoms with Crippen LogP contribution in [0.5, 0.6) is 11.6 Å². The zero-order valence-corrected chi connectivity index (χ0v) is 8.59. The SMILES string of the molecule is COc1c[nH]c(OC(F)(F)F)c(CC#N)c1=O. The van der Waals surface area contributed by atoms with E-state index in [0.717, 1.165) is 6.20 Å². The number of nitrogens with one attached hydrogen (secondary N) is 1. The summed E-state index contributed by atoms with van der Waals surface area (Å²) in [5.41, 5.74) is -1.24. The summed E-state index contributed by atoms with van der Waals surface area (Å²) in [6.45, 7) is 0. The van der Waals surface area contributed by atoms with Crippen LogP contribution in [-0.4, -0.2) is 18.5 Å². The average molecular weight is 248 g/mol. The molecule has 0 atom stereocenters. The Hall–Kier alpha value is -2.17. The number of rotatable bonds is 3. The van der Waals surface area contributed by atoms with Crippen molar-refractivity contribution in [2.75, 3.05) is 7.11 Å². The van der Waals surface area contributed by atoms with Gasteiger partial charge in [0.25, 0.3) is 0 Å². The van der Waals surface area contributed by atoms with E-state index in [9.17, 15) is 18.0 Å². The van der Waals surface area contributed by atoms with Gasteiger partial charge in [0.1, 0.15) is 0 Å². The second kappa shape index (κ2) is 4.78. The van der Waals surface area contributed by atoms with Crippen LogP contribution in [-0.2, 0) is 6.42 Å². The van der Waals surface area contributed by atoms with Gasteiger partial charge in [0.15, 0.2) is 5.75 Å². The highest BCUT2D eigenvalue weighted by Gasteiger charge is 2.33. The average Bonchev–Trinajstić information content (AvgIpc) is 2.22. The third-order valence-corrected chi connectivity index (χ3v) is 1.80. The predicted molar refractivity (Wildman–Crippen MR) is 49.6 cm³/mol. The first-order valence-electron chi connectivity index (χ1n) is 4.30. The summed E-state index contributed by atoms with van der Waals surface area (Å²) in [6, 6.07) is 1.58. The topological polar surface area (TPSA) is 75.1 Å². The lowest BCUT2D eigenvalue weighted by atomic mass is 10.2. The van der Waals surface area contributed by atoms with Gasteiger partial charge in [-0.3, -0.25) is 4.79 Å². The molecule has 0 radical (unpaired) electrons. The molecular weight excluding hydrogens is 241 g/mol. The van der Waals surface area contributed by atoms with E-state index >= 15 is 0 Å². The minimum atomic E-state index is -4.94. The Morgan fingerprint density at radius 3 is 2.65 bits per heavy atom. The summed E-state index contributed by atoms with van der Waals surface area (Å²) in [5.74, 6) is -0.991. The number of nitriles is 1. The van der Waals surface area contributed by atoms with Crippen molar-refractivity contribution < 1.29 is 22.6 Å². The minimum Gasteiger partial charge on any atom is -0.491 e. The van der Waals surface area contributed by atoms with Crippen molar-refractivity contribution in [2.24, 2.45) is 0 Å². The molecule has 0 aliphatic carbocycles. The highest BCUT2D eigenvalue weighted by Crippen LogP contribution is 2.23. The monoisotopic (exact) mass is 248 g/mol. The van der Waals surface area contributed by atoms with Gasteiger partial charge in [-0.2, -0.15) is 5.26 Å². The fraction of sp³-hybridized carbons (Fsp3) is 0.333. The quantitative estimate of drug-likeness (QED) is 0.875. The van der Waals surface area contributed by atoms with E-state index in [4.69, 9.17) is 5.26 Å². The smallest absolute Gasteiger partial charge is 0.491 e. The Balaban J connectivity index is 3.27. The van der Waals surface area contributed by atoms with E-state index in [1.807, 2.05) is 0 Å². The van der Waals surface area contributed by atoms with Crippen LogP contribution in [0.2, 0.25) is 0 Å². The summed E-state index contributed by atoms with van der Waals surface area (Å²) in [7, 11) is 1.19. The number of ether oxygens (including phenoxy) is 2. The van der Waals surface area contributed by atoms with Gasteiger partial charge in [0.05, 0.1) is 31.4 Å². The van der Waals surface area contributed by atoms with Gasteiger partial charge >= 0.3 is 6.36 Å². The van der Waals surface area contributed by atoms with Crippen LogP contribution < -0.4 is 14.9 Å². The van der Waals surface area contributed by atoms with Gasteiger partial charge < -0.3 is 14.5 Å². The molecule has 0 aliphatic heterocycles. The summed E-state index contributed by atoms with van der Waals surface area (Å²) in [5, 5.41) is 8.45. The van der Waals surface area contributed by atoms with Crippen LogP contribution in [0, 0.1) is 11.3 Å². The molecule has 0 spiro atoms. The van der Waals surface area contributed by atoms with E-state index in [1.165, 1.54) is 7.11 Å². The van der Waals surface area contributed by atoms with Crippen molar-refractivity contribution in [3.63, 3.8) is 0 Å². The second-order valence-electron chi connectivity index (χ2n) is 2.88. The first kappa shape index (κ1) is 12.9. The van der Waals surface area contributed by atoms with Crippen LogP contribution in [0.1, 0.15) is 5.56 Å². The number of hydrogen-bond acceptors (Lipinski definition) is 4. The first-order chi connectivity index (χ1) is 7.89. The molecule has 0 saturated carbocycles. The summed E-state index contributed by atoms with van der Waals surface area (Å²) >= 11 is 0. The molecule has 1 rings (SSSR count). The maximum Gasteiger partial charge on any atom is 0.574 e. The second-order valence-corrected chi connectivity index (χ2v) is 2.88. The molecular formula is C9H7F3N2O3. The van der Waals surface area contributed by atoms with Gasteiger partial charge in [-0.05, 0) is 0 Å². The maximum absolute atomic E-state index is 12.0. The maximum atomic E-state index is 12.0. The molecule has 1 heterocycles. The van der Waals surface area contributed by atoms with Crippen LogP contribution in [0.15, 0.2) is 11.0 Å². The first-order valence-corrected chi connectivity index (χ1v) is 4.30. The lowest BCUT2D eigenvalue weighted by Gasteiger charge is -2.11. The molecule has 1 aromatic rings. The molecule has 8 heteroatoms.